The Morgan fingerprint density at radius 2 is 1.60 bits per heavy atom. The zero-order chi connectivity index (χ0) is 11.0. The minimum atomic E-state index is -0.605. The van der Waals surface area contributed by atoms with Crippen molar-refractivity contribution >= 4 is 11.0 Å². The first-order valence-electron chi connectivity index (χ1n) is 4.87. The summed E-state index contributed by atoms with van der Waals surface area (Å²) in [6, 6.07) is 3.79. The normalized spacial score (nSPS) is 10.8. The predicted molar refractivity (Wildman–Crippen MR) is 59.3 cm³/mol. The van der Waals surface area contributed by atoms with Crippen molar-refractivity contribution in [3.8, 4) is 0 Å². The molecule has 15 heavy (non-hydrogen) atoms. The maximum absolute atomic E-state index is 11.1. The van der Waals surface area contributed by atoms with Crippen LogP contribution in [0.15, 0.2) is 21.7 Å². The number of hydrogen-bond donors (Lipinski definition) is 2. The van der Waals surface area contributed by atoms with Crippen molar-refractivity contribution in [1.29, 1.82) is 0 Å². The second kappa shape index (κ2) is 3.38. The maximum Gasteiger partial charge on any atom is 0.314 e. The highest BCUT2D eigenvalue weighted by Gasteiger charge is 2.02. The van der Waals surface area contributed by atoms with Crippen LogP contribution >= 0.6 is 0 Å². The van der Waals surface area contributed by atoms with Crippen molar-refractivity contribution in [1.82, 2.24) is 9.97 Å². The summed E-state index contributed by atoms with van der Waals surface area (Å²) in [5.74, 6) is 0. The maximum atomic E-state index is 11.1. The van der Waals surface area contributed by atoms with E-state index in [0.29, 0.717) is 11.0 Å². The molecule has 2 rings (SSSR count). The summed E-state index contributed by atoms with van der Waals surface area (Å²) < 4.78 is 0. The van der Waals surface area contributed by atoms with Crippen LogP contribution in [0.1, 0.15) is 18.1 Å². The van der Waals surface area contributed by atoms with E-state index in [1.54, 1.807) is 0 Å². The summed E-state index contributed by atoms with van der Waals surface area (Å²) >= 11 is 0. The molecule has 0 aliphatic carbocycles. The summed E-state index contributed by atoms with van der Waals surface area (Å²) in [7, 11) is 0. The number of H-pyrrole nitrogens is 2. The first kappa shape index (κ1) is 9.71. The molecule has 2 aromatic rings. The standard InChI is InChI=1S/C11H12N2O2/c1-3-7-5-9-8(4-6(7)2)12-10(14)11(15)13-9/h4-5H,3H2,1-2H3,(H,12,14)(H,13,15). The second-order valence-corrected chi connectivity index (χ2v) is 3.59. The summed E-state index contributed by atoms with van der Waals surface area (Å²) in [5, 5.41) is 0. The fourth-order valence-corrected chi connectivity index (χ4v) is 1.70. The van der Waals surface area contributed by atoms with E-state index in [0.717, 1.165) is 12.0 Å². The van der Waals surface area contributed by atoms with Gasteiger partial charge in [-0.25, -0.2) is 0 Å². The van der Waals surface area contributed by atoms with E-state index in [4.69, 9.17) is 0 Å². The van der Waals surface area contributed by atoms with Crippen LogP contribution in [-0.2, 0) is 6.42 Å². The third-order valence-corrected chi connectivity index (χ3v) is 2.56. The summed E-state index contributed by atoms with van der Waals surface area (Å²) in [5.41, 5.74) is 2.44. The van der Waals surface area contributed by atoms with Crippen LogP contribution < -0.4 is 11.1 Å². The van der Waals surface area contributed by atoms with Gasteiger partial charge in [-0.1, -0.05) is 6.92 Å². The number of hydrogen-bond acceptors (Lipinski definition) is 2. The van der Waals surface area contributed by atoms with Crippen molar-refractivity contribution in [3.63, 3.8) is 0 Å². The monoisotopic (exact) mass is 204 g/mol. The van der Waals surface area contributed by atoms with Gasteiger partial charge in [0.15, 0.2) is 0 Å². The van der Waals surface area contributed by atoms with E-state index in [9.17, 15) is 9.59 Å². The van der Waals surface area contributed by atoms with Gasteiger partial charge in [0.1, 0.15) is 0 Å². The van der Waals surface area contributed by atoms with E-state index in [1.165, 1.54) is 5.56 Å². The molecule has 0 fully saturated rings. The molecule has 1 heterocycles. The molecule has 0 aliphatic heterocycles. The number of benzene rings is 1. The first-order chi connectivity index (χ1) is 7.11. The lowest BCUT2D eigenvalue weighted by Crippen LogP contribution is -2.28. The number of rotatable bonds is 1. The van der Waals surface area contributed by atoms with Crippen molar-refractivity contribution < 1.29 is 0 Å². The Balaban J connectivity index is 2.88. The van der Waals surface area contributed by atoms with Gasteiger partial charge in [0.2, 0.25) is 0 Å². The fraction of sp³-hybridized carbons (Fsp3) is 0.273. The van der Waals surface area contributed by atoms with Crippen molar-refractivity contribution in [3.05, 3.63) is 44.0 Å². The molecule has 78 valence electrons. The highest BCUT2D eigenvalue weighted by atomic mass is 16.2. The molecule has 0 amide bonds. The van der Waals surface area contributed by atoms with Crippen LogP contribution in [-0.4, -0.2) is 9.97 Å². The van der Waals surface area contributed by atoms with Gasteiger partial charge in [0, 0.05) is 0 Å². The molecule has 0 aliphatic rings. The highest BCUT2D eigenvalue weighted by molar-refractivity contribution is 5.75. The lowest BCUT2D eigenvalue weighted by Gasteiger charge is -2.04. The molecule has 0 unspecified atom stereocenters. The van der Waals surface area contributed by atoms with Crippen LogP contribution in [0.25, 0.3) is 11.0 Å². The van der Waals surface area contributed by atoms with Gasteiger partial charge in [0.05, 0.1) is 11.0 Å². The van der Waals surface area contributed by atoms with Crippen molar-refractivity contribution in [2.45, 2.75) is 20.3 Å². The molecule has 0 saturated carbocycles. The molecule has 2 N–H and O–H groups in total. The smallest absolute Gasteiger partial charge is 0.314 e. The first-order valence-corrected chi connectivity index (χ1v) is 4.87. The summed E-state index contributed by atoms with van der Waals surface area (Å²) in [6.45, 7) is 4.04. The number of aromatic amines is 2. The topological polar surface area (TPSA) is 65.7 Å². The SMILES string of the molecule is CCc1cc2[nH]c(=O)c(=O)[nH]c2cc1C. The Morgan fingerprint density at radius 1 is 1.07 bits per heavy atom. The number of aryl methyl sites for hydroxylation is 2. The number of nitrogens with one attached hydrogen (secondary N) is 2. The molecule has 0 spiro atoms. The van der Waals surface area contributed by atoms with E-state index in [-0.39, 0.29) is 0 Å². The summed E-state index contributed by atoms with van der Waals surface area (Å²) in [6.07, 6.45) is 0.906. The van der Waals surface area contributed by atoms with E-state index in [1.807, 2.05) is 19.1 Å². The average Bonchev–Trinajstić information content (AvgIpc) is 2.20. The molecular weight excluding hydrogens is 192 g/mol. The zero-order valence-electron chi connectivity index (χ0n) is 8.68. The molecule has 1 aromatic heterocycles. The lowest BCUT2D eigenvalue weighted by atomic mass is 10.1. The van der Waals surface area contributed by atoms with E-state index in [2.05, 4.69) is 16.9 Å². The predicted octanol–water partition coefficient (Wildman–Crippen LogP) is 1.09. The minimum absolute atomic E-state index is 0.603. The van der Waals surface area contributed by atoms with Crippen molar-refractivity contribution in [2.24, 2.45) is 0 Å². The van der Waals surface area contributed by atoms with Gasteiger partial charge in [-0.05, 0) is 36.6 Å². The Labute approximate surface area is 86.0 Å². The second-order valence-electron chi connectivity index (χ2n) is 3.59. The van der Waals surface area contributed by atoms with Crippen LogP contribution in [0.3, 0.4) is 0 Å². The van der Waals surface area contributed by atoms with Gasteiger partial charge in [-0.15, -0.1) is 0 Å². The van der Waals surface area contributed by atoms with Crippen LogP contribution in [0.4, 0.5) is 0 Å². The lowest BCUT2D eigenvalue weighted by molar-refractivity contribution is 1.09. The molecular formula is C11H12N2O2. The highest BCUT2D eigenvalue weighted by Crippen LogP contribution is 2.14. The Kier molecular flexibility index (Phi) is 2.19. The van der Waals surface area contributed by atoms with Gasteiger partial charge in [-0.2, -0.15) is 0 Å². The van der Waals surface area contributed by atoms with Crippen LogP contribution in [0.5, 0.6) is 0 Å². The fourth-order valence-electron chi connectivity index (χ4n) is 1.70. The molecule has 4 heteroatoms. The van der Waals surface area contributed by atoms with E-state index >= 15 is 0 Å². The number of fused-ring (bicyclic) bond motifs is 1. The Bertz CT molecular complexity index is 623. The van der Waals surface area contributed by atoms with Crippen LogP contribution in [0, 0.1) is 6.92 Å². The quantitative estimate of drug-likeness (QED) is 0.683. The van der Waals surface area contributed by atoms with Gasteiger partial charge in [-0.3, -0.25) is 9.59 Å². The molecule has 0 saturated heterocycles. The largest absolute Gasteiger partial charge is 0.316 e. The van der Waals surface area contributed by atoms with Crippen molar-refractivity contribution in [2.75, 3.05) is 0 Å². The minimum Gasteiger partial charge on any atom is -0.316 e. The Hall–Kier alpha value is -1.84. The van der Waals surface area contributed by atoms with Crippen LogP contribution in [0.2, 0.25) is 0 Å². The third kappa shape index (κ3) is 1.58. The molecule has 0 bridgehead atoms. The Morgan fingerprint density at radius 3 is 2.13 bits per heavy atom. The molecule has 0 radical (unpaired) electrons. The molecule has 0 atom stereocenters. The third-order valence-electron chi connectivity index (χ3n) is 2.56. The zero-order valence-corrected chi connectivity index (χ0v) is 8.68. The van der Waals surface area contributed by atoms with E-state index < -0.39 is 11.1 Å². The average molecular weight is 204 g/mol. The number of aromatic nitrogens is 2. The molecule has 1 aromatic carbocycles. The summed E-state index contributed by atoms with van der Waals surface area (Å²) in [4.78, 5) is 27.3. The van der Waals surface area contributed by atoms with Gasteiger partial charge in [0.25, 0.3) is 0 Å². The van der Waals surface area contributed by atoms with Gasteiger partial charge < -0.3 is 9.97 Å². The molecule has 4 nitrogen and oxygen atoms in total. The van der Waals surface area contributed by atoms with Gasteiger partial charge >= 0.3 is 11.1 Å².